The van der Waals surface area contributed by atoms with Gasteiger partial charge in [-0.15, -0.1) is 0 Å². The molecule has 0 aromatic heterocycles. The molecule has 0 spiro atoms. The van der Waals surface area contributed by atoms with E-state index >= 15 is 0 Å². The van der Waals surface area contributed by atoms with Crippen LogP contribution in [0.25, 0.3) is 0 Å². The van der Waals surface area contributed by atoms with Crippen LogP contribution in [0.1, 0.15) is 26.7 Å². The summed E-state index contributed by atoms with van der Waals surface area (Å²) >= 11 is 0. The van der Waals surface area contributed by atoms with Crippen LogP contribution in [0.3, 0.4) is 0 Å². The number of piperidine rings is 1. The van der Waals surface area contributed by atoms with E-state index in [2.05, 4.69) is 11.9 Å². The molecule has 1 aliphatic rings. The molecule has 0 aromatic rings. The number of likely N-dealkylation sites (tertiary alicyclic amines) is 1. The van der Waals surface area contributed by atoms with Crippen molar-refractivity contribution in [1.29, 1.82) is 0 Å². The molecule has 0 saturated carbocycles. The van der Waals surface area contributed by atoms with Crippen molar-refractivity contribution in [2.45, 2.75) is 26.7 Å². The van der Waals surface area contributed by atoms with Crippen LogP contribution < -0.4 is 5.73 Å². The first-order valence-corrected chi connectivity index (χ1v) is 4.71. The quantitative estimate of drug-likeness (QED) is 0.623. The Morgan fingerprint density at radius 2 is 2.09 bits per heavy atom. The van der Waals surface area contributed by atoms with Crippen molar-refractivity contribution < 1.29 is 0 Å². The molecule has 0 aromatic carbocycles. The molecule has 2 N–H and O–H groups in total. The summed E-state index contributed by atoms with van der Waals surface area (Å²) in [5, 5.41) is 0. The lowest BCUT2D eigenvalue weighted by molar-refractivity contribution is 0.214. The Balaban J connectivity index is 0.000000461. The molecule has 2 nitrogen and oxygen atoms in total. The summed E-state index contributed by atoms with van der Waals surface area (Å²) in [6, 6.07) is 0. The molecular weight excluding hydrogens is 136 g/mol. The van der Waals surface area contributed by atoms with Crippen molar-refractivity contribution in [1.82, 2.24) is 4.90 Å². The minimum Gasteiger partial charge on any atom is -0.330 e. The molecule has 0 amide bonds. The summed E-state index contributed by atoms with van der Waals surface area (Å²) in [5.41, 5.74) is 5.54. The van der Waals surface area contributed by atoms with Crippen LogP contribution in [-0.4, -0.2) is 31.6 Å². The van der Waals surface area contributed by atoms with Gasteiger partial charge >= 0.3 is 0 Å². The van der Waals surface area contributed by atoms with Crippen molar-refractivity contribution in [2.24, 2.45) is 11.7 Å². The van der Waals surface area contributed by atoms with Crippen LogP contribution >= 0.6 is 0 Å². The van der Waals surface area contributed by atoms with E-state index in [1.807, 2.05) is 13.8 Å². The summed E-state index contributed by atoms with van der Waals surface area (Å²) < 4.78 is 0. The van der Waals surface area contributed by atoms with Crippen molar-refractivity contribution in [2.75, 3.05) is 26.7 Å². The molecule has 68 valence electrons. The molecule has 1 rings (SSSR count). The number of nitrogens with two attached hydrogens (primary N) is 1. The van der Waals surface area contributed by atoms with E-state index in [4.69, 9.17) is 5.73 Å². The van der Waals surface area contributed by atoms with Gasteiger partial charge in [0.1, 0.15) is 0 Å². The first-order chi connectivity index (χ1) is 5.33. The molecule has 1 heterocycles. The monoisotopic (exact) mass is 158 g/mol. The fraction of sp³-hybridized carbons (Fsp3) is 1.00. The topological polar surface area (TPSA) is 29.3 Å². The van der Waals surface area contributed by atoms with Gasteiger partial charge in [-0.2, -0.15) is 0 Å². The highest BCUT2D eigenvalue weighted by Gasteiger charge is 2.14. The van der Waals surface area contributed by atoms with Crippen LogP contribution in [0.2, 0.25) is 0 Å². The number of hydrogen-bond donors (Lipinski definition) is 1. The van der Waals surface area contributed by atoms with E-state index in [9.17, 15) is 0 Å². The summed E-state index contributed by atoms with van der Waals surface area (Å²) in [6.45, 7) is 7.33. The SMILES string of the molecule is CC.CN1CCCC(CN)C1. The Bertz CT molecular complexity index is 83.6. The third-order valence-corrected chi connectivity index (χ3v) is 2.06. The normalized spacial score (nSPS) is 25.6. The molecule has 2 heteroatoms. The van der Waals surface area contributed by atoms with Crippen LogP contribution in [0.5, 0.6) is 0 Å². The lowest BCUT2D eigenvalue weighted by atomic mass is 9.99. The largest absolute Gasteiger partial charge is 0.330 e. The second-order valence-electron chi connectivity index (χ2n) is 3.01. The maximum absolute atomic E-state index is 5.54. The van der Waals surface area contributed by atoms with Crippen molar-refractivity contribution >= 4 is 0 Å². The van der Waals surface area contributed by atoms with Crippen LogP contribution in [0.15, 0.2) is 0 Å². The van der Waals surface area contributed by atoms with Gasteiger partial charge < -0.3 is 10.6 Å². The minimum absolute atomic E-state index is 0.767. The minimum atomic E-state index is 0.767. The van der Waals surface area contributed by atoms with Crippen molar-refractivity contribution in [3.8, 4) is 0 Å². The third-order valence-electron chi connectivity index (χ3n) is 2.06. The maximum Gasteiger partial charge on any atom is 0.00187 e. The lowest BCUT2D eigenvalue weighted by Crippen LogP contribution is -2.35. The average Bonchev–Trinajstić information content (AvgIpc) is 2.08. The van der Waals surface area contributed by atoms with Gasteiger partial charge in [-0.3, -0.25) is 0 Å². The van der Waals surface area contributed by atoms with Crippen LogP contribution in [-0.2, 0) is 0 Å². The highest BCUT2D eigenvalue weighted by Crippen LogP contribution is 2.12. The molecular formula is C9H22N2. The summed E-state index contributed by atoms with van der Waals surface area (Å²) in [7, 11) is 2.17. The molecule has 0 bridgehead atoms. The Hall–Kier alpha value is -0.0800. The zero-order chi connectivity index (χ0) is 8.69. The summed E-state index contributed by atoms with van der Waals surface area (Å²) in [5.74, 6) is 0.767. The van der Waals surface area contributed by atoms with E-state index in [1.165, 1.54) is 25.9 Å². The maximum atomic E-state index is 5.54. The summed E-state index contributed by atoms with van der Waals surface area (Å²) in [4.78, 5) is 2.36. The fourth-order valence-electron chi connectivity index (χ4n) is 1.47. The highest BCUT2D eigenvalue weighted by molar-refractivity contribution is 4.70. The number of rotatable bonds is 1. The van der Waals surface area contributed by atoms with Crippen LogP contribution in [0, 0.1) is 5.92 Å². The number of hydrogen-bond acceptors (Lipinski definition) is 2. The van der Waals surface area contributed by atoms with Gasteiger partial charge in [0.15, 0.2) is 0 Å². The zero-order valence-corrected chi connectivity index (χ0v) is 8.14. The predicted molar refractivity (Wildman–Crippen MR) is 50.6 cm³/mol. The first kappa shape index (κ1) is 10.9. The number of nitrogens with zero attached hydrogens (tertiary/aromatic N) is 1. The van der Waals surface area contributed by atoms with Gasteiger partial charge in [0.05, 0.1) is 0 Å². The van der Waals surface area contributed by atoms with Gasteiger partial charge in [-0.1, -0.05) is 13.8 Å². The molecule has 0 radical (unpaired) electrons. The summed E-state index contributed by atoms with van der Waals surface area (Å²) in [6.07, 6.45) is 2.67. The van der Waals surface area contributed by atoms with Gasteiger partial charge in [0, 0.05) is 6.54 Å². The lowest BCUT2D eigenvalue weighted by Gasteiger charge is -2.28. The van der Waals surface area contributed by atoms with E-state index in [-0.39, 0.29) is 0 Å². The molecule has 11 heavy (non-hydrogen) atoms. The first-order valence-electron chi connectivity index (χ1n) is 4.71. The Kier molecular flexibility index (Phi) is 6.57. The average molecular weight is 158 g/mol. The standard InChI is InChI=1S/C7H16N2.C2H6/c1-9-4-2-3-7(5-8)6-9;1-2/h7H,2-6,8H2,1H3;1-2H3. The molecule has 0 aliphatic carbocycles. The van der Waals surface area contributed by atoms with E-state index in [0.29, 0.717) is 0 Å². The smallest absolute Gasteiger partial charge is 0.00187 e. The van der Waals surface area contributed by atoms with E-state index < -0.39 is 0 Å². The second kappa shape index (κ2) is 6.62. The van der Waals surface area contributed by atoms with Crippen molar-refractivity contribution in [3.05, 3.63) is 0 Å². The predicted octanol–water partition coefficient (Wildman–Crippen LogP) is 1.31. The highest BCUT2D eigenvalue weighted by atomic mass is 15.1. The molecule has 1 atom stereocenters. The Morgan fingerprint density at radius 3 is 2.45 bits per heavy atom. The van der Waals surface area contributed by atoms with Gasteiger partial charge in [-0.25, -0.2) is 0 Å². The van der Waals surface area contributed by atoms with Gasteiger partial charge in [0.2, 0.25) is 0 Å². The fourth-order valence-corrected chi connectivity index (χ4v) is 1.47. The zero-order valence-electron chi connectivity index (χ0n) is 8.14. The third kappa shape index (κ3) is 4.38. The molecule has 1 unspecified atom stereocenters. The molecule has 1 aliphatic heterocycles. The van der Waals surface area contributed by atoms with E-state index in [0.717, 1.165) is 12.5 Å². The van der Waals surface area contributed by atoms with Crippen molar-refractivity contribution in [3.63, 3.8) is 0 Å². The Morgan fingerprint density at radius 1 is 1.45 bits per heavy atom. The molecule has 1 fully saturated rings. The van der Waals surface area contributed by atoms with Gasteiger partial charge in [-0.05, 0) is 38.9 Å². The Labute approximate surface area is 70.8 Å². The molecule has 1 saturated heterocycles. The van der Waals surface area contributed by atoms with Gasteiger partial charge in [0.25, 0.3) is 0 Å². The second-order valence-corrected chi connectivity index (χ2v) is 3.01. The van der Waals surface area contributed by atoms with Crippen LogP contribution in [0.4, 0.5) is 0 Å². The van der Waals surface area contributed by atoms with E-state index in [1.54, 1.807) is 0 Å².